The van der Waals surface area contributed by atoms with Gasteiger partial charge in [-0.3, -0.25) is 14.3 Å². The number of ketones is 1. The van der Waals surface area contributed by atoms with Crippen molar-refractivity contribution in [1.82, 2.24) is 29.7 Å². The minimum Gasteiger partial charge on any atom is -0.378 e. The number of aromatic nitrogens is 5. The quantitative estimate of drug-likeness (QED) is 0.595. The first-order chi connectivity index (χ1) is 14.6. The molecular formula is C20H23N7O3. The van der Waals surface area contributed by atoms with E-state index in [9.17, 15) is 9.59 Å². The zero-order valence-electron chi connectivity index (χ0n) is 16.7. The number of ether oxygens (including phenoxy) is 1. The van der Waals surface area contributed by atoms with Crippen LogP contribution in [0.15, 0.2) is 24.5 Å². The fourth-order valence-electron chi connectivity index (χ4n) is 3.61. The molecule has 4 heterocycles. The molecule has 1 N–H and O–H groups in total. The number of morpholine rings is 1. The first-order valence-electron chi connectivity index (χ1n) is 10.1. The molecule has 0 unspecified atom stereocenters. The van der Waals surface area contributed by atoms with Crippen molar-refractivity contribution in [3.8, 4) is 0 Å². The van der Waals surface area contributed by atoms with Crippen molar-refractivity contribution >= 4 is 23.3 Å². The van der Waals surface area contributed by atoms with Crippen LogP contribution in [0.2, 0.25) is 0 Å². The van der Waals surface area contributed by atoms with Gasteiger partial charge in [-0.05, 0) is 30.5 Å². The van der Waals surface area contributed by atoms with Crippen LogP contribution in [0.25, 0.3) is 5.65 Å². The van der Waals surface area contributed by atoms with Gasteiger partial charge >= 0.3 is 0 Å². The van der Waals surface area contributed by atoms with Crippen molar-refractivity contribution in [1.29, 1.82) is 0 Å². The summed E-state index contributed by atoms with van der Waals surface area (Å²) >= 11 is 0. The van der Waals surface area contributed by atoms with Crippen molar-refractivity contribution in [3.63, 3.8) is 0 Å². The van der Waals surface area contributed by atoms with Crippen LogP contribution in [0.3, 0.4) is 0 Å². The van der Waals surface area contributed by atoms with Crippen molar-refractivity contribution in [2.45, 2.75) is 25.3 Å². The van der Waals surface area contributed by atoms with Gasteiger partial charge in [0.2, 0.25) is 5.95 Å². The SMILES string of the molecule is Cn1ncc(C(=O)NC2CC2)c1C(=O)Cc1ccn2nc(N3CCOCC3)nc2c1. The van der Waals surface area contributed by atoms with Gasteiger partial charge < -0.3 is 15.0 Å². The van der Waals surface area contributed by atoms with E-state index in [2.05, 4.69) is 25.4 Å². The van der Waals surface area contributed by atoms with Gasteiger partial charge in [0.25, 0.3) is 5.91 Å². The van der Waals surface area contributed by atoms with E-state index in [1.165, 1.54) is 10.9 Å². The maximum atomic E-state index is 13.0. The first-order valence-corrected chi connectivity index (χ1v) is 10.1. The number of aryl methyl sites for hydroxylation is 1. The minimum atomic E-state index is -0.239. The molecule has 2 fully saturated rings. The Morgan fingerprint density at radius 3 is 2.83 bits per heavy atom. The van der Waals surface area contributed by atoms with Gasteiger partial charge in [-0.1, -0.05) is 0 Å². The second kappa shape index (κ2) is 7.52. The number of anilines is 1. The number of hydrogen-bond acceptors (Lipinski definition) is 7. The lowest BCUT2D eigenvalue weighted by Gasteiger charge is -2.25. The average molecular weight is 409 g/mol. The normalized spacial score (nSPS) is 16.8. The molecule has 0 bridgehead atoms. The highest BCUT2D eigenvalue weighted by atomic mass is 16.5. The van der Waals surface area contributed by atoms with Gasteiger partial charge in [0.05, 0.1) is 25.0 Å². The van der Waals surface area contributed by atoms with E-state index in [1.54, 1.807) is 17.8 Å². The molecular weight excluding hydrogens is 386 g/mol. The molecule has 1 saturated heterocycles. The maximum Gasteiger partial charge on any atom is 0.255 e. The van der Waals surface area contributed by atoms with E-state index < -0.39 is 0 Å². The molecule has 1 amide bonds. The molecule has 1 aliphatic heterocycles. The summed E-state index contributed by atoms with van der Waals surface area (Å²) in [4.78, 5) is 32.2. The van der Waals surface area contributed by atoms with E-state index in [-0.39, 0.29) is 24.2 Å². The summed E-state index contributed by atoms with van der Waals surface area (Å²) in [5.41, 5.74) is 2.14. The zero-order valence-corrected chi connectivity index (χ0v) is 16.7. The summed E-state index contributed by atoms with van der Waals surface area (Å²) in [6.45, 7) is 2.84. The van der Waals surface area contributed by atoms with Crippen molar-refractivity contribution in [2.24, 2.45) is 7.05 Å². The minimum absolute atomic E-state index is 0.152. The third-order valence-electron chi connectivity index (χ3n) is 5.41. The monoisotopic (exact) mass is 409 g/mol. The van der Waals surface area contributed by atoms with E-state index in [4.69, 9.17) is 4.74 Å². The highest BCUT2D eigenvalue weighted by molar-refractivity contribution is 6.07. The predicted molar refractivity (Wildman–Crippen MR) is 108 cm³/mol. The number of hydrogen-bond donors (Lipinski definition) is 1. The number of carbonyl (C=O) groups excluding carboxylic acids is 2. The predicted octanol–water partition coefficient (Wildman–Crippen LogP) is 0.617. The Bertz CT molecular complexity index is 1110. The Hall–Kier alpha value is -3.27. The Kier molecular flexibility index (Phi) is 4.70. The summed E-state index contributed by atoms with van der Waals surface area (Å²) < 4.78 is 8.55. The molecule has 2 aliphatic rings. The molecule has 5 rings (SSSR count). The van der Waals surface area contributed by atoms with E-state index >= 15 is 0 Å². The molecule has 0 aromatic carbocycles. The number of fused-ring (bicyclic) bond motifs is 1. The number of nitrogens with zero attached hydrogens (tertiary/aromatic N) is 6. The number of carbonyl (C=O) groups is 2. The van der Waals surface area contributed by atoms with Gasteiger partial charge in [-0.25, -0.2) is 4.52 Å². The van der Waals surface area contributed by atoms with Gasteiger partial charge in [0.1, 0.15) is 5.69 Å². The van der Waals surface area contributed by atoms with Crippen LogP contribution in [0, 0.1) is 0 Å². The molecule has 10 heteroatoms. The highest BCUT2D eigenvalue weighted by Crippen LogP contribution is 2.21. The summed E-state index contributed by atoms with van der Waals surface area (Å²) in [7, 11) is 1.68. The molecule has 1 saturated carbocycles. The molecule has 0 atom stereocenters. The van der Waals surface area contributed by atoms with Crippen molar-refractivity contribution < 1.29 is 14.3 Å². The summed E-state index contributed by atoms with van der Waals surface area (Å²) in [6.07, 6.45) is 5.39. The van der Waals surface area contributed by atoms with Crippen LogP contribution in [0.5, 0.6) is 0 Å². The Labute approximate surface area is 172 Å². The molecule has 156 valence electrons. The molecule has 3 aromatic rings. The average Bonchev–Trinajstić information content (AvgIpc) is 3.31. The lowest BCUT2D eigenvalue weighted by Crippen LogP contribution is -2.36. The van der Waals surface area contributed by atoms with Gasteiger partial charge in [-0.2, -0.15) is 10.1 Å². The molecule has 30 heavy (non-hydrogen) atoms. The molecule has 1 aliphatic carbocycles. The number of rotatable bonds is 6. The maximum absolute atomic E-state index is 13.0. The standard InChI is InChI=1S/C20H23N7O3/c1-25-18(15(12-21-25)19(29)22-14-2-3-14)16(28)10-13-4-5-27-17(11-13)23-20(24-27)26-6-8-30-9-7-26/h4-5,11-12,14H,2-3,6-10H2,1H3,(H,22,29). The number of Topliss-reactive ketones (excluding diaryl/α,β-unsaturated/α-hetero) is 1. The van der Waals surface area contributed by atoms with E-state index in [1.807, 2.05) is 12.1 Å². The molecule has 10 nitrogen and oxygen atoms in total. The zero-order chi connectivity index (χ0) is 20.7. The van der Waals surface area contributed by atoms with Gasteiger partial charge in [0, 0.05) is 38.8 Å². The summed E-state index contributed by atoms with van der Waals surface area (Å²) in [5.74, 6) is 0.262. The van der Waals surface area contributed by atoms with Crippen molar-refractivity contribution in [3.05, 3.63) is 41.3 Å². The number of amides is 1. The second-order valence-corrected chi connectivity index (χ2v) is 7.73. The first kappa shape index (κ1) is 18.7. The lowest BCUT2D eigenvalue weighted by atomic mass is 10.0. The fraction of sp³-hybridized carbons (Fsp3) is 0.450. The molecule has 0 spiro atoms. The third kappa shape index (κ3) is 3.65. The largest absolute Gasteiger partial charge is 0.378 e. The third-order valence-corrected chi connectivity index (χ3v) is 5.41. The van der Waals surface area contributed by atoms with Crippen LogP contribution in [-0.4, -0.2) is 68.4 Å². The van der Waals surface area contributed by atoms with Crippen LogP contribution in [0.4, 0.5) is 5.95 Å². The highest BCUT2D eigenvalue weighted by Gasteiger charge is 2.28. The topological polar surface area (TPSA) is 107 Å². The van der Waals surface area contributed by atoms with Crippen LogP contribution >= 0.6 is 0 Å². The van der Waals surface area contributed by atoms with Crippen LogP contribution < -0.4 is 10.2 Å². The Morgan fingerprint density at radius 1 is 1.27 bits per heavy atom. The molecule has 3 aromatic heterocycles. The Morgan fingerprint density at radius 2 is 2.07 bits per heavy atom. The number of pyridine rings is 1. The summed E-state index contributed by atoms with van der Waals surface area (Å²) in [6, 6.07) is 3.93. The lowest BCUT2D eigenvalue weighted by molar-refractivity contribution is 0.0929. The number of nitrogens with one attached hydrogen (secondary N) is 1. The fourth-order valence-corrected chi connectivity index (χ4v) is 3.61. The van der Waals surface area contributed by atoms with Crippen LogP contribution in [-0.2, 0) is 18.2 Å². The summed E-state index contributed by atoms with van der Waals surface area (Å²) in [5, 5.41) is 11.6. The van der Waals surface area contributed by atoms with Crippen molar-refractivity contribution in [2.75, 3.05) is 31.2 Å². The van der Waals surface area contributed by atoms with Gasteiger partial charge in [0.15, 0.2) is 11.4 Å². The van der Waals surface area contributed by atoms with E-state index in [0.29, 0.717) is 36.1 Å². The van der Waals surface area contributed by atoms with Crippen LogP contribution in [0.1, 0.15) is 39.3 Å². The van der Waals surface area contributed by atoms with E-state index in [0.717, 1.165) is 31.5 Å². The van der Waals surface area contributed by atoms with Gasteiger partial charge in [-0.15, -0.1) is 5.10 Å². The Balaban J connectivity index is 1.35. The smallest absolute Gasteiger partial charge is 0.255 e. The second-order valence-electron chi connectivity index (χ2n) is 7.73. The molecule has 0 radical (unpaired) electrons.